The molecule has 0 aromatic carbocycles. The Morgan fingerprint density at radius 1 is 1.56 bits per heavy atom. The van der Waals surface area contributed by atoms with E-state index >= 15 is 0 Å². The van der Waals surface area contributed by atoms with Gasteiger partial charge in [-0.2, -0.15) is 0 Å². The molecule has 2 heterocycles. The predicted octanol–water partition coefficient (Wildman–Crippen LogP) is 1.68. The van der Waals surface area contributed by atoms with Crippen molar-refractivity contribution < 1.29 is 9.90 Å². The molecule has 1 aromatic rings. The van der Waals surface area contributed by atoms with Crippen LogP contribution in [0.1, 0.15) is 30.1 Å². The van der Waals surface area contributed by atoms with Crippen molar-refractivity contribution in [3.63, 3.8) is 0 Å². The maximum absolute atomic E-state index is 11.1. The van der Waals surface area contributed by atoms with E-state index < -0.39 is 5.97 Å². The molecule has 98 valence electrons. The molecule has 5 heteroatoms. The zero-order chi connectivity index (χ0) is 13.0. The largest absolute Gasteiger partial charge is 0.478 e. The van der Waals surface area contributed by atoms with Gasteiger partial charge in [-0.3, -0.25) is 0 Å². The maximum Gasteiger partial charge on any atom is 0.339 e. The second-order valence-corrected chi connectivity index (χ2v) is 4.76. The van der Waals surface area contributed by atoms with E-state index in [4.69, 9.17) is 5.11 Å². The van der Waals surface area contributed by atoms with Crippen LogP contribution in [0.5, 0.6) is 0 Å². The van der Waals surface area contributed by atoms with Gasteiger partial charge < -0.3 is 15.3 Å². The van der Waals surface area contributed by atoms with Gasteiger partial charge in [-0.1, -0.05) is 0 Å². The fraction of sp³-hybridized carbons (Fsp3) is 0.538. The average molecular weight is 249 g/mol. The van der Waals surface area contributed by atoms with Gasteiger partial charge in [0.25, 0.3) is 0 Å². The lowest BCUT2D eigenvalue weighted by molar-refractivity contribution is 0.0697. The summed E-state index contributed by atoms with van der Waals surface area (Å²) >= 11 is 0. The highest BCUT2D eigenvalue weighted by molar-refractivity contribution is 5.93. The summed E-state index contributed by atoms with van der Waals surface area (Å²) in [6.07, 6.45) is 4.13. The summed E-state index contributed by atoms with van der Waals surface area (Å²) in [5.74, 6) is -0.490. The Bertz CT molecular complexity index is 416. The van der Waals surface area contributed by atoms with Crippen LogP contribution in [-0.2, 0) is 0 Å². The second kappa shape index (κ2) is 5.82. The summed E-state index contributed by atoms with van der Waals surface area (Å²) < 4.78 is 0. The summed E-state index contributed by atoms with van der Waals surface area (Å²) in [4.78, 5) is 17.6. The Morgan fingerprint density at radius 3 is 2.94 bits per heavy atom. The molecule has 0 radical (unpaired) electrons. The van der Waals surface area contributed by atoms with Crippen molar-refractivity contribution in [2.24, 2.45) is 0 Å². The molecule has 0 aliphatic carbocycles. The summed E-state index contributed by atoms with van der Waals surface area (Å²) in [7, 11) is 0. The van der Waals surface area contributed by atoms with Crippen molar-refractivity contribution in [3.8, 4) is 0 Å². The van der Waals surface area contributed by atoms with Gasteiger partial charge >= 0.3 is 5.97 Å². The smallest absolute Gasteiger partial charge is 0.339 e. The van der Waals surface area contributed by atoms with Crippen LogP contribution in [0.2, 0.25) is 0 Å². The lowest BCUT2D eigenvalue weighted by Gasteiger charge is -2.22. The van der Waals surface area contributed by atoms with Gasteiger partial charge in [-0.05, 0) is 45.0 Å². The number of anilines is 1. The summed E-state index contributed by atoms with van der Waals surface area (Å²) in [5.41, 5.74) is 0.228. The monoisotopic (exact) mass is 249 g/mol. The van der Waals surface area contributed by atoms with Crippen LogP contribution in [0.4, 0.5) is 5.82 Å². The van der Waals surface area contributed by atoms with Gasteiger partial charge in [-0.25, -0.2) is 9.78 Å². The fourth-order valence-corrected chi connectivity index (χ4v) is 2.32. The molecule has 1 aliphatic heterocycles. The molecule has 0 amide bonds. The first-order chi connectivity index (χ1) is 8.66. The Labute approximate surface area is 107 Å². The van der Waals surface area contributed by atoms with Gasteiger partial charge in [0.2, 0.25) is 0 Å². The van der Waals surface area contributed by atoms with Crippen molar-refractivity contribution in [2.75, 3.05) is 25.0 Å². The number of rotatable bonds is 5. The zero-order valence-corrected chi connectivity index (χ0v) is 10.6. The quantitative estimate of drug-likeness (QED) is 0.831. The van der Waals surface area contributed by atoms with Gasteiger partial charge in [0.15, 0.2) is 0 Å². The van der Waals surface area contributed by atoms with Gasteiger partial charge in [0.1, 0.15) is 11.4 Å². The van der Waals surface area contributed by atoms with Gasteiger partial charge in [0, 0.05) is 18.8 Å². The third-order valence-electron chi connectivity index (χ3n) is 3.15. The number of aromatic nitrogens is 1. The SMILES string of the molecule is CC(CN1CCCC1)Nc1ncccc1C(=O)O. The molecule has 0 saturated carbocycles. The van der Waals surface area contributed by atoms with E-state index in [9.17, 15) is 4.79 Å². The van der Waals surface area contributed by atoms with E-state index in [0.29, 0.717) is 5.82 Å². The van der Waals surface area contributed by atoms with Crippen LogP contribution in [0.15, 0.2) is 18.3 Å². The molecule has 1 aliphatic rings. The van der Waals surface area contributed by atoms with Crippen LogP contribution in [0, 0.1) is 0 Å². The minimum absolute atomic E-state index is 0.191. The topological polar surface area (TPSA) is 65.5 Å². The molecule has 0 spiro atoms. The molecule has 1 unspecified atom stereocenters. The van der Waals surface area contributed by atoms with E-state index in [-0.39, 0.29) is 11.6 Å². The van der Waals surface area contributed by atoms with E-state index in [1.54, 1.807) is 18.3 Å². The van der Waals surface area contributed by atoms with Crippen molar-refractivity contribution in [1.82, 2.24) is 9.88 Å². The second-order valence-electron chi connectivity index (χ2n) is 4.76. The lowest BCUT2D eigenvalue weighted by Crippen LogP contribution is -2.33. The minimum atomic E-state index is -0.945. The molecule has 0 bridgehead atoms. The summed E-state index contributed by atoms with van der Waals surface area (Å²) in [5, 5.41) is 12.3. The molecule has 2 rings (SSSR count). The molecule has 18 heavy (non-hydrogen) atoms. The first kappa shape index (κ1) is 12.8. The zero-order valence-electron chi connectivity index (χ0n) is 10.6. The number of nitrogens with zero attached hydrogens (tertiary/aromatic N) is 2. The van der Waals surface area contributed by atoms with Crippen molar-refractivity contribution >= 4 is 11.8 Å². The van der Waals surface area contributed by atoms with E-state index in [1.165, 1.54) is 12.8 Å². The highest BCUT2D eigenvalue weighted by atomic mass is 16.4. The van der Waals surface area contributed by atoms with Crippen LogP contribution in [-0.4, -0.2) is 46.6 Å². The predicted molar refractivity (Wildman–Crippen MR) is 70.0 cm³/mol. The number of hydrogen-bond donors (Lipinski definition) is 2. The van der Waals surface area contributed by atoms with E-state index in [0.717, 1.165) is 19.6 Å². The Balaban J connectivity index is 1.97. The van der Waals surface area contributed by atoms with Crippen LogP contribution < -0.4 is 5.32 Å². The summed E-state index contributed by atoms with van der Waals surface area (Å²) in [6, 6.07) is 3.40. The molecule has 1 saturated heterocycles. The Hall–Kier alpha value is -1.62. The number of pyridine rings is 1. The van der Waals surface area contributed by atoms with Crippen LogP contribution in [0.3, 0.4) is 0 Å². The normalized spacial score (nSPS) is 17.6. The number of aromatic carboxylic acids is 1. The van der Waals surface area contributed by atoms with Gasteiger partial charge in [-0.15, -0.1) is 0 Å². The highest BCUT2D eigenvalue weighted by Gasteiger charge is 2.17. The summed E-state index contributed by atoms with van der Waals surface area (Å²) in [6.45, 7) is 5.26. The molecular formula is C13H19N3O2. The molecule has 2 N–H and O–H groups in total. The standard InChI is InChI=1S/C13H19N3O2/c1-10(9-16-7-2-3-8-16)15-12-11(13(17)18)5-4-6-14-12/h4-6,10H,2-3,7-9H2,1H3,(H,14,15)(H,17,18). The first-order valence-corrected chi connectivity index (χ1v) is 6.34. The van der Waals surface area contributed by atoms with E-state index in [2.05, 4.69) is 22.1 Å². The Kier molecular flexibility index (Phi) is 4.15. The number of hydrogen-bond acceptors (Lipinski definition) is 4. The molecule has 5 nitrogen and oxygen atoms in total. The number of carbonyl (C=O) groups is 1. The van der Waals surface area contributed by atoms with Gasteiger partial charge in [0.05, 0.1) is 0 Å². The first-order valence-electron chi connectivity index (χ1n) is 6.34. The minimum Gasteiger partial charge on any atom is -0.478 e. The van der Waals surface area contributed by atoms with Crippen LogP contribution >= 0.6 is 0 Å². The lowest BCUT2D eigenvalue weighted by atomic mass is 10.2. The maximum atomic E-state index is 11.1. The Morgan fingerprint density at radius 2 is 2.28 bits per heavy atom. The van der Waals surface area contributed by atoms with Crippen molar-refractivity contribution in [3.05, 3.63) is 23.9 Å². The van der Waals surface area contributed by atoms with E-state index in [1.807, 2.05) is 0 Å². The fourth-order valence-electron chi connectivity index (χ4n) is 2.32. The van der Waals surface area contributed by atoms with Crippen molar-refractivity contribution in [1.29, 1.82) is 0 Å². The molecule has 1 atom stereocenters. The number of carboxylic acids is 1. The highest BCUT2D eigenvalue weighted by Crippen LogP contribution is 2.14. The number of nitrogens with one attached hydrogen (secondary N) is 1. The molecule has 1 aromatic heterocycles. The third kappa shape index (κ3) is 3.20. The number of likely N-dealkylation sites (tertiary alicyclic amines) is 1. The third-order valence-corrected chi connectivity index (χ3v) is 3.15. The van der Waals surface area contributed by atoms with Crippen molar-refractivity contribution in [2.45, 2.75) is 25.8 Å². The number of carboxylic acid groups (broad SMARTS) is 1. The molecule has 1 fully saturated rings. The molecular weight excluding hydrogens is 230 g/mol. The average Bonchev–Trinajstić information content (AvgIpc) is 2.82. The van der Waals surface area contributed by atoms with Crippen LogP contribution in [0.25, 0.3) is 0 Å².